The van der Waals surface area contributed by atoms with Crippen molar-refractivity contribution in [3.63, 3.8) is 0 Å². The number of carbonyl (C=O) groups excluding carboxylic acids is 1. The first-order valence-corrected chi connectivity index (χ1v) is 12.1. The molecule has 0 aliphatic heterocycles. The second-order valence-corrected chi connectivity index (χ2v) is 10.1. The molecule has 1 aliphatic carbocycles. The highest BCUT2D eigenvalue weighted by atomic mass is 32.2. The minimum atomic E-state index is -3.29. The van der Waals surface area contributed by atoms with Crippen LogP contribution in [0.15, 0.2) is 66.7 Å². The lowest BCUT2D eigenvalue weighted by Crippen LogP contribution is -2.21. The number of imidazole rings is 1. The molecule has 0 saturated carbocycles. The van der Waals surface area contributed by atoms with Crippen molar-refractivity contribution < 1.29 is 13.2 Å². The predicted octanol–water partition coefficient (Wildman–Crippen LogP) is 3.79. The highest BCUT2D eigenvalue weighted by molar-refractivity contribution is 7.89. The van der Waals surface area contributed by atoms with Crippen molar-refractivity contribution in [3.05, 3.63) is 83.7 Å². The summed E-state index contributed by atoms with van der Waals surface area (Å²) in [5.74, 6) is -0.0804. The Kier molecular flexibility index (Phi) is 4.63. The molecule has 0 unspecified atom stereocenters. The third kappa shape index (κ3) is 3.84. The van der Waals surface area contributed by atoms with Gasteiger partial charge in [-0.15, -0.1) is 0 Å². The Morgan fingerprint density at radius 3 is 2.58 bits per heavy atom. The molecule has 0 saturated heterocycles. The van der Waals surface area contributed by atoms with Gasteiger partial charge in [-0.3, -0.25) is 4.79 Å². The summed E-state index contributed by atoms with van der Waals surface area (Å²) in [6.45, 7) is -0.0112. The van der Waals surface area contributed by atoms with Crippen molar-refractivity contribution in [1.29, 1.82) is 0 Å². The van der Waals surface area contributed by atoms with Crippen molar-refractivity contribution in [2.24, 2.45) is 0 Å². The molecule has 0 fully saturated rings. The number of hydrogen-bond acceptors (Lipinski definition) is 4. The Morgan fingerprint density at radius 2 is 1.74 bits per heavy atom. The number of sulfone groups is 1. The molecule has 4 aromatic rings. The largest absolute Gasteiger partial charge is 0.325 e. The Bertz CT molecular complexity index is 1440. The summed E-state index contributed by atoms with van der Waals surface area (Å²) in [5.41, 5.74) is 7.05. The predicted molar refractivity (Wildman–Crippen MR) is 122 cm³/mol. The normalized spacial score (nSPS) is 12.5. The van der Waals surface area contributed by atoms with E-state index in [1.165, 1.54) is 28.5 Å². The molecule has 0 atom stereocenters. The first-order valence-electron chi connectivity index (χ1n) is 10.0. The smallest absolute Gasteiger partial charge is 0.244 e. The summed E-state index contributed by atoms with van der Waals surface area (Å²) < 4.78 is 25.4. The lowest BCUT2D eigenvalue weighted by molar-refractivity contribution is -0.116. The summed E-state index contributed by atoms with van der Waals surface area (Å²) in [7, 11) is -3.29. The Balaban J connectivity index is 1.40. The maximum Gasteiger partial charge on any atom is 0.244 e. The van der Waals surface area contributed by atoms with E-state index in [-0.39, 0.29) is 18.2 Å². The van der Waals surface area contributed by atoms with Crippen LogP contribution in [-0.2, 0) is 33.4 Å². The van der Waals surface area contributed by atoms with E-state index in [1.807, 2.05) is 54.6 Å². The van der Waals surface area contributed by atoms with Gasteiger partial charge in [0.1, 0.15) is 18.1 Å². The fraction of sp³-hybridized carbons (Fsp3) is 0.167. The van der Waals surface area contributed by atoms with Crippen molar-refractivity contribution in [2.45, 2.75) is 18.7 Å². The number of aromatic nitrogens is 2. The molecule has 156 valence electrons. The molecular formula is C24H21N3O3S. The quantitative estimate of drug-likeness (QED) is 0.459. The van der Waals surface area contributed by atoms with E-state index >= 15 is 0 Å². The maximum absolute atomic E-state index is 12.9. The first kappa shape index (κ1) is 19.5. The highest BCUT2D eigenvalue weighted by Gasteiger charge is 2.20. The summed E-state index contributed by atoms with van der Waals surface area (Å²) in [4.78, 5) is 17.3. The third-order valence-corrected chi connectivity index (χ3v) is 6.29. The first-order chi connectivity index (χ1) is 14.9. The molecule has 5 rings (SSSR count). The molecule has 1 aliphatic rings. The number of carbonyl (C=O) groups is 1. The zero-order valence-electron chi connectivity index (χ0n) is 17.0. The number of amides is 1. The number of rotatable bonds is 5. The summed E-state index contributed by atoms with van der Waals surface area (Å²) in [6.07, 6.45) is 2.01. The molecule has 3 aromatic carbocycles. The second kappa shape index (κ2) is 7.35. The molecule has 1 amide bonds. The van der Waals surface area contributed by atoms with Crippen molar-refractivity contribution >= 4 is 32.5 Å². The molecule has 1 aromatic heterocycles. The van der Waals surface area contributed by atoms with Crippen LogP contribution in [0.4, 0.5) is 5.69 Å². The van der Waals surface area contributed by atoms with E-state index in [0.717, 1.165) is 17.6 Å². The summed E-state index contributed by atoms with van der Waals surface area (Å²) >= 11 is 0. The number of nitrogens with one attached hydrogen (secondary N) is 1. The molecule has 7 heteroatoms. The lowest BCUT2D eigenvalue weighted by atomic mass is 10.1. The van der Waals surface area contributed by atoms with Crippen LogP contribution in [0.3, 0.4) is 0 Å². The van der Waals surface area contributed by atoms with Gasteiger partial charge in [0, 0.05) is 11.9 Å². The fourth-order valence-corrected chi connectivity index (χ4v) is 4.90. The number of anilines is 1. The van der Waals surface area contributed by atoms with E-state index in [9.17, 15) is 13.2 Å². The van der Waals surface area contributed by atoms with Gasteiger partial charge >= 0.3 is 0 Å². The number of fused-ring (bicyclic) bond motifs is 4. The van der Waals surface area contributed by atoms with E-state index in [2.05, 4.69) is 22.4 Å². The van der Waals surface area contributed by atoms with E-state index in [1.54, 1.807) is 4.57 Å². The summed E-state index contributed by atoms with van der Waals surface area (Å²) in [6, 6.07) is 21.6. The zero-order chi connectivity index (χ0) is 21.6. The molecule has 0 spiro atoms. The standard InChI is InChI=1S/C24H21N3O3S/c1-31(29,30)15-23-26-21-8-4-5-9-22(21)27(23)14-24(28)25-18-10-11-20-17(13-18)12-16-6-2-3-7-19(16)20/h2-11,13H,12,14-15H2,1H3,(H,25,28). The van der Waals surface area contributed by atoms with Gasteiger partial charge in [0.05, 0.1) is 11.0 Å². The maximum atomic E-state index is 12.9. The molecule has 6 nitrogen and oxygen atoms in total. The number of hydrogen-bond donors (Lipinski definition) is 1. The van der Waals surface area contributed by atoms with E-state index < -0.39 is 9.84 Å². The van der Waals surface area contributed by atoms with E-state index in [0.29, 0.717) is 11.3 Å². The van der Waals surface area contributed by atoms with Crippen LogP contribution in [-0.4, -0.2) is 30.1 Å². The van der Waals surface area contributed by atoms with Crippen LogP contribution < -0.4 is 5.32 Å². The number of para-hydroxylation sites is 2. The van der Waals surface area contributed by atoms with Gasteiger partial charge in [-0.05, 0) is 52.9 Å². The van der Waals surface area contributed by atoms with Gasteiger partial charge in [0.25, 0.3) is 0 Å². The molecule has 1 heterocycles. The van der Waals surface area contributed by atoms with Crippen LogP contribution in [0.2, 0.25) is 0 Å². The van der Waals surface area contributed by atoms with Gasteiger partial charge < -0.3 is 9.88 Å². The average Bonchev–Trinajstić information content (AvgIpc) is 3.24. The third-order valence-electron chi connectivity index (χ3n) is 5.50. The molecular weight excluding hydrogens is 410 g/mol. The minimum absolute atomic E-state index is 0.0112. The lowest BCUT2D eigenvalue weighted by Gasteiger charge is -2.11. The Labute approximate surface area is 180 Å². The SMILES string of the molecule is CS(=O)(=O)Cc1nc2ccccc2n1CC(=O)Nc1ccc2c(c1)Cc1ccccc1-2. The van der Waals surface area contributed by atoms with Gasteiger partial charge in [0.15, 0.2) is 9.84 Å². The van der Waals surface area contributed by atoms with Gasteiger partial charge in [-0.25, -0.2) is 13.4 Å². The monoisotopic (exact) mass is 431 g/mol. The summed E-state index contributed by atoms with van der Waals surface area (Å²) in [5, 5.41) is 2.95. The topological polar surface area (TPSA) is 81.1 Å². The van der Waals surface area contributed by atoms with Gasteiger partial charge in [-0.1, -0.05) is 42.5 Å². The highest BCUT2D eigenvalue weighted by Crippen LogP contribution is 2.37. The fourth-order valence-electron chi connectivity index (χ4n) is 4.21. The Hall–Kier alpha value is -3.45. The van der Waals surface area contributed by atoms with Crippen LogP contribution in [0.25, 0.3) is 22.2 Å². The van der Waals surface area contributed by atoms with Crippen molar-refractivity contribution in [3.8, 4) is 11.1 Å². The Morgan fingerprint density at radius 1 is 1.00 bits per heavy atom. The van der Waals surface area contributed by atoms with Crippen LogP contribution >= 0.6 is 0 Å². The van der Waals surface area contributed by atoms with Crippen LogP contribution in [0, 0.1) is 0 Å². The van der Waals surface area contributed by atoms with Gasteiger partial charge in [-0.2, -0.15) is 0 Å². The number of benzene rings is 3. The minimum Gasteiger partial charge on any atom is -0.325 e. The average molecular weight is 432 g/mol. The van der Waals surface area contributed by atoms with Gasteiger partial charge in [0.2, 0.25) is 5.91 Å². The van der Waals surface area contributed by atoms with Crippen molar-refractivity contribution in [2.75, 3.05) is 11.6 Å². The van der Waals surface area contributed by atoms with Crippen molar-refractivity contribution in [1.82, 2.24) is 9.55 Å². The van der Waals surface area contributed by atoms with Crippen LogP contribution in [0.5, 0.6) is 0 Å². The van der Waals surface area contributed by atoms with Crippen LogP contribution in [0.1, 0.15) is 17.0 Å². The zero-order valence-corrected chi connectivity index (χ0v) is 17.8. The molecule has 1 N–H and O–H groups in total. The van der Waals surface area contributed by atoms with E-state index in [4.69, 9.17) is 0 Å². The molecule has 0 bridgehead atoms. The number of nitrogens with zero attached hydrogens (tertiary/aromatic N) is 2. The molecule has 31 heavy (non-hydrogen) atoms. The molecule has 0 radical (unpaired) electrons. The second-order valence-electron chi connectivity index (χ2n) is 7.93.